The third kappa shape index (κ3) is 3.82. The Kier molecular flexibility index (Phi) is 4.06. The minimum absolute atomic E-state index is 0.00813. The van der Waals surface area contributed by atoms with Gasteiger partial charge in [-0.3, -0.25) is 5.32 Å². The van der Waals surface area contributed by atoms with Gasteiger partial charge in [-0.05, 0) is 31.6 Å². The number of carbonyl (C=O) groups excluding carboxylic acids is 1. The van der Waals surface area contributed by atoms with Crippen molar-refractivity contribution in [2.75, 3.05) is 20.3 Å². The van der Waals surface area contributed by atoms with Crippen LogP contribution in [0.25, 0.3) is 0 Å². The van der Waals surface area contributed by atoms with Gasteiger partial charge in [0.15, 0.2) is 0 Å². The van der Waals surface area contributed by atoms with E-state index in [1.807, 2.05) is 0 Å². The second-order valence-corrected chi connectivity index (χ2v) is 5.26. The van der Waals surface area contributed by atoms with Gasteiger partial charge in [0.25, 0.3) is 0 Å². The van der Waals surface area contributed by atoms with Crippen molar-refractivity contribution in [2.24, 2.45) is 5.92 Å². The molecule has 0 spiro atoms. The third-order valence-corrected chi connectivity index (χ3v) is 3.46. The summed E-state index contributed by atoms with van der Waals surface area (Å²) >= 11 is 0. The fourth-order valence-corrected chi connectivity index (χ4v) is 2.24. The van der Waals surface area contributed by atoms with E-state index in [2.05, 4.69) is 5.32 Å². The molecule has 1 atom stereocenters. The van der Waals surface area contributed by atoms with E-state index in [9.17, 15) is 18.0 Å². The number of hydrogen-bond donors (Lipinski definition) is 1. The molecule has 7 heteroatoms. The molecule has 2 aliphatic carbocycles. The first-order valence-electron chi connectivity index (χ1n) is 6.38. The first-order valence-corrected chi connectivity index (χ1v) is 6.38. The molecular weight excluding hydrogens is 263 g/mol. The number of alkyl halides is 3. The van der Waals surface area contributed by atoms with Gasteiger partial charge in [0.1, 0.15) is 12.1 Å². The third-order valence-electron chi connectivity index (χ3n) is 3.46. The van der Waals surface area contributed by atoms with E-state index in [1.165, 1.54) is 7.11 Å². The van der Waals surface area contributed by atoms with Crippen LogP contribution < -0.4 is 5.32 Å². The fourth-order valence-electron chi connectivity index (χ4n) is 2.24. The van der Waals surface area contributed by atoms with Gasteiger partial charge in [0.2, 0.25) is 0 Å². The molecule has 2 rings (SSSR count). The smallest absolute Gasteiger partial charge is 0.411 e. The van der Waals surface area contributed by atoms with Crippen LogP contribution in [0.2, 0.25) is 0 Å². The Bertz CT molecular complexity index is 340. The topological polar surface area (TPSA) is 47.6 Å². The molecule has 110 valence electrons. The highest BCUT2D eigenvalue weighted by Crippen LogP contribution is 2.42. The van der Waals surface area contributed by atoms with Crippen LogP contribution in [0.3, 0.4) is 0 Å². The molecule has 0 radical (unpaired) electrons. The molecule has 2 fully saturated rings. The van der Waals surface area contributed by atoms with E-state index < -0.39 is 24.3 Å². The lowest BCUT2D eigenvalue weighted by Gasteiger charge is -2.32. The molecule has 0 bridgehead atoms. The minimum Gasteiger partial charge on any atom is -0.468 e. The molecule has 0 saturated heterocycles. The summed E-state index contributed by atoms with van der Waals surface area (Å²) in [5, 5.41) is 3.14. The van der Waals surface area contributed by atoms with E-state index in [0.717, 1.165) is 25.7 Å². The zero-order valence-corrected chi connectivity index (χ0v) is 10.8. The predicted molar refractivity (Wildman–Crippen MR) is 60.5 cm³/mol. The summed E-state index contributed by atoms with van der Waals surface area (Å²) in [6.07, 6.45) is -0.894. The summed E-state index contributed by atoms with van der Waals surface area (Å²) in [6.45, 7) is -1.63. The summed E-state index contributed by atoms with van der Waals surface area (Å²) < 4.78 is 45.9. The number of esters is 1. The highest BCUT2D eigenvalue weighted by atomic mass is 19.4. The number of ether oxygens (including phenoxy) is 2. The van der Waals surface area contributed by atoms with Crippen LogP contribution in [0, 0.1) is 5.92 Å². The van der Waals surface area contributed by atoms with E-state index in [4.69, 9.17) is 9.47 Å². The summed E-state index contributed by atoms with van der Waals surface area (Å²) in [6, 6.07) is 0.189. The fraction of sp³-hybridized carbons (Fsp3) is 0.917. The molecule has 2 aliphatic rings. The van der Waals surface area contributed by atoms with Crippen LogP contribution in [0.1, 0.15) is 25.7 Å². The number of rotatable bonds is 7. The van der Waals surface area contributed by atoms with Crippen LogP contribution in [0.5, 0.6) is 0 Å². The zero-order chi connectivity index (χ0) is 14.1. The molecule has 0 aliphatic heterocycles. The number of methoxy groups -OCH3 is 1. The molecule has 19 heavy (non-hydrogen) atoms. The Balaban J connectivity index is 2.00. The lowest BCUT2D eigenvalue weighted by molar-refractivity contribution is -0.184. The summed E-state index contributed by atoms with van der Waals surface area (Å²) in [5.41, 5.74) is -1.11. The van der Waals surface area contributed by atoms with Gasteiger partial charge in [-0.25, -0.2) is 4.79 Å². The molecule has 4 nitrogen and oxygen atoms in total. The standard InChI is InChI=1S/C12H18F3NO3/c1-18-10(17)11(8-2-3-8,16-9-4-5-9)6-19-7-12(13,14)15/h8-9,16H,2-7H2,1H3. The Hall–Kier alpha value is -0.820. The molecular formula is C12H18F3NO3. The number of hydrogen-bond acceptors (Lipinski definition) is 4. The second-order valence-electron chi connectivity index (χ2n) is 5.26. The number of halogens is 3. The Morgan fingerprint density at radius 2 is 1.84 bits per heavy atom. The van der Waals surface area contributed by atoms with Crippen LogP contribution in [-0.4, -0.2) is 44.0 Å². The van der Waals surface area contributed by atoms with Crippen LogP contribution in [0.4, 0.5) is 13.2 Å². The highest BCUT2D eigenvalue weighted by Gasteiger charge is 2.54. The van der Waals surface area contributed by atoms with Crippen molar-refractivity contribution < 1.29 is 27.4 Å². The lowest BCUT2D eigenvalue weighted by atomic mass is 9.94. The van der Waals surface area contributed by atoms with Gasteiger partial charge < -0.3 is 9.47 Å². The van der Waals surface area contributed by atoms with Crippen molar-refractivity contribution in [1.82, 2.24) is 5.32 Å². The average molecular weight is 281 g/mol. The van der Waals surface area contributed by atoms with Crippen LogP contribution >= 0.6 is 0 Å². The SMILES string of the molecule is COC(=O)C(COCC(F)(F)F)(NC1CC1)C1CC1. The van der Waals surface area contributed by atoms with Gasteiger partial charge in [0, 0.05) is 6.04 Å². The molecule has 0 heterocycles. The molecule has 0 aromatic heterocycles. The van der Waals surface area contributed by atoms with Gasteiger partial charge >= 0.3 is 12.1 Å². The largest absolute Gasteiger partial charge is 0.468 e. The maximum Gasteiger partial charge on any atom is 0.411 e. The Morgan fingerprint density at radius 1 is 1.21 bits per heavy atom. The molecule has 0 aromatic carbocycles. The monoisotopic (exact) mass is 281 g/mol. The van der Waals surface area contributed by atoms with E-state index >= 15 is 0 Å². The lowest BCUT2D eigenvalue weighted by Crippen LogP contribution is -2.59. The summed E-state index contributed by atoms with van der Waals surface area (Å²) in [4.78, 5) is 12.0. The van der Waals surface area contributed by atoms with Crippen molar-refractivity contribution >= 4 is 5.97 Å². The predicted octanol–water partition coefficient (Wildman–Crippen LogP) is 1.64. The van der Waals surface area contributed by atoms with Gasteiger partial charge in [-0.2, -0.15) is 13.2 Å². The van der Waals surface area contributed by atoms with Gasteiger partial charge in [0.05, 0.1) is 13.7 Å². The minimum atomic E-state index is -4.38. The van der Waals surface area contributed by atoms with E-state index in [0.29, 0.717) is 0 Å². The average Bonchev–Trinajstić information content (AvgIpc) is 3.15. The second kappa shape index (κ2) is 5.28. The van der Waals surface area contributed by atoms with E-state index in [1.54, 1.807) is 0 Å². The molecule has 1 unspecified atom stereocenters. The first kappa shape index (κ1) is 14.6. The van der Waals surface area contributed by atoms with Gasteiger partial charge in [-0.15, -0.1) is 0 Å². The maximum absolute atomic E-state index is 12.1. The normalized spacial score (nSPS) is 22.9. The molecule has 1 N–H and O–H groups in total. The molecule has 2 saturated carbocycles. The first-order chi connectivity index (χ1) is 8.87. The number of nitrogens with one attached hydrogen (secondary N) is 1. The summed E-state index contributed by atoms with van der Waals surface area (Å²) in [5.74, 6) is -0.516. The van der Waals surface area contributed by atoms with Crippen molar-refractivity contribution in [1.29, 1.82) is 0 Å². The number of carbonyl (C=O) groups is 1. The Labute approximate surface area is 109 Å². The Morgan fingerprint density at radius 3 is 2.26 bits per heavy atom. The molecule has 0 amide bonds. The van der Waals surface area contributed by atoms with Crippen molar-refractivity contribution in [2.45, 2.75) is 43.4 Å². The molecule has 0 aromatic rings. The zero-order valence-electron chi connectivity index (χ0n) is 10.8. The van der Waals surface area contributed by atoms with Crippen molar-refractivity contribution in [3.8, 4) is 0 Å². The van der Waals surface area contributed by atoms with Crippen LogP contribution in [0.15, 0.2) is 0 Å². The quantitative estimate of drug-likeness (QED) is 0.721. The van der Waals surface area contributed by atoms with E-state index in [-0.39, 0.29) is 18.6 Å². The van der Waals surface area contributed by atoms with Crippen molar-refractivity contribution in [3.63, 3.8) is 0 Å². The maximum atomic E-state index is 12.1. The highest BCUT2D eigenvalue weighted by molar-refractivity contribution is 5.82. The summed E-state index contributed by atoms with van der Waals surface area (Å²) in [7, 11) is 1.25. The van der Waals surface area contributed by atoms with Crippen LogP contribution in [-0.2, 0) is 14.3 Å². The van der Waals surface area contributed by atoms with Crippen molar-refractivity contribution in [3.05, 3.63) is 0 Å². The van der Waals surface area contributed by atoms with Gasteiger partial charge in [-0.1, -0.05) is 0 Å².